The normalized spacial score (nSPS) is 12.6. The van der Waals surface area contributed by atoms with Crippen molar-refractivity contribution in [3.63, 3.8) is 0 Å². The highest BCUT2D eigenvalue weighted by molar-refractivity contribution is 5.79. The summed E-state index contributed by atoms with van der Waals surface area (Å²) in [5.74, 6) is 0.433. The minimum atomic E-state index is -4.14. The fourth-order valence-electron chi connectivity index (χ4n) is 1.32. The van der Waals surface area contributed by atoms with Crippen LogP contribution in [0.3, 0.4) is 0 Å². The number of rotatable bonds is 9. The fraction of sp³-hybridized carbons (Fsp3) is 0.917. The molecule has 0 spiro atoms. The third-order valence-corrected chi connectivity index (χ3v) is 2.22. The summed E-state index contributed by atoms with van der Waals surface area (Å²) in [7, 11) is 0. The number of guanidine groups is 1. The van der Waals surface area contributed by atoms with Crippen LogP contribution in [0.4, 0.5) is 13.2 Å². The summed E-state index contributed by atoms with van der Waals surface area (Å²) in [4.78, 5) is 4.20. The Morgan fingerprint density at radius 3 is 2.47 bits per heavy atom. The number of nitrogens with one attached hydrogen (secondary N) is 2. The van der Waals surface area contributed by atoms with Gasteiger partial charge in [-0.3, -0.25) is 4.99 Å². The van der Waals surface area contributed by atoms with E-state index in [1.54, 1.807) is 0 Å². The summed E-state index contributed by atoms with van der Waals surface area (Å²) >= 11 is 0. The second-order valence-electron chi connectivity index (χ2n) is 3.96. The molecule has 0 saturated carbocycles. The van der Waals surface area contributed by atoms with E-state index >= 15 is 0 Å². The van der Waals surface area contributed by atoms with E-state index in [4.69, 9.17) is 4.74 Å². The number of unbranched alkanes of at least 4 members (excludes halogenated alkanes) is 1. The molecule has 0 aliphatic heterocycles. The molecule has 7 heteroatoms. The summed E-state index contributed by atoms with van der Waals surface area (Å²) < 4.78 is 41.2. The highest BCUT2D eigenvalue weighted by atomic mass is 19.4. The Kier molecular flexibility index (Phi) is 10.3. The van der Waals surface area contributed by atoms with Gasteiger partial charge in [-0.25, -0.2) is 0 Å². The molecule has 0 aromatic heterocycles. The lowest BCUT2D eigenvalue weighted by atomic mass is 10.3. The van der Waals surface area contributed by atoms with E-state index < -0.39 is 12.6 Å². The van der Waals surface area contributed by atoms with Crippen molar-refractivity contribution >= 4 is 5.96 Å². The Hall–Kier alpha value is -0.980. The SMILES string of the molecule is CCNC(=NCCCCOCC)NCCC(F)(F)F. The van der Waals surface area contributed by atoms with Crippen molar-refractivity contribution in [2.45, 2.75) is 39.3 Å². The van der Waals surface area contributed by atoms with Gasteiger partial charge >= 0.3 is 6.18 Å². The zero-order valence-electron chi connectivity index (χ0n) is 11.6. The number of halogens is 3. The van der Waals surface area contributed by atoms with Crippen molar-refractivity contribution in [1.82, 2.24) is 10.6 Å². The smallest absolute Gasteiger partial charge is 0.382 e. The fourth-order valence-corrected chi connectivity index (χ4v) is 1.32. The maximum atomic E-state index is 12.0. The Morgan fingerprint density at radius 2 is 1.89 bits per heavy atom. The Balaban J connectivity index is 3.82. The molecule has 0 bridgehead atoms. The summed E-state index contributed by atoms with van der Waals surface area (Å²) in [6.07, 6.45) is -3.24. The lowest BCUT2D eigenvalue weighted by molar-refractivity contribution is -0.132. The first kappa shape index (κ1) is 18.0. The molecule has 2 N–H and O–H groups in total. The molecular weight excluding hydrogens is 259 g/mol. The average Bonchev–Trinajstić information content (AvgIpc) is 2.32. The van der Waals surface area contributed by atoms with E-state index in [-0.39, 0.29) is 6.54 Å². The third kappa shape index (κ3) is 13.3. The molecule has 0 fully saturated rings. The van der Waals surface area contributed by atoms with Gasteiger partial charge in [0.25, 0.3) is 0 Å². The number of ether oxygens (including phenoxy) is 1. The third-order valence-electron chi connectivity index (χ3n) is 2.22. The predicted octanol–water partition coefficient (Wildman–Crippen LogP) is 2.31. The van der Waals surface area contributed by atoms with Crippen molar-refractivity contribution in [1.29, 1.82) is 0 Å². The molecule has 0 aromatic rings. The Labute approximate surface area is 112 Å². The number of alkyl halides is 3. The minimum absolute atomic E-state index is 0.158. The van der Waals surface area contributed by atoms with E-state index in [2.05, 4.69) is 15.6 Å². The van der Waals surface area contributed by atoms with Gasteiger partial charge < -0.3 is 15.4 Å². The average molecular weight is 283 g/mol. The van der Waals surface area contributed by atoms with Crippen molar-refractivity contribution in [2.24, 2.45) is 4.99 Å². The first-order valence-electron chi connectivity index (χ1n) is 6.66. The summed E-state index contributed by atoms with van der Waals surface area (Å²) in [6.45, 7) is 6.25. The number of hydrogen-bond donors (Lipinski definition) is 2. The van der Waals surface area contributed by atoms with Crippen LogP contribution in [0.15, 0.2) is 4.99 Å². The van der Waals surface area contributed by atoms with Gasteiger partial charge in [-0.05, 0) is 26.7 Å². The van der Waals surface area contributed by atoms with Gasteiger partial charge in [-0.15, -0.1) is 0 Å². The highest BCUT2D eigenvalue weighted by Crippen LogP contribution is 2.17. The van der Waals surface area contributed by atoms with E-state index in [1.807, 2.05) is 13.8 Å². The molecule has 19 heavy (non-hydrogen) atoms. The maximum Gasteiger partial charge on any atom is 0.390 e. The van der Waals surface area contributed by atoms with E-state index in [0.29, 0.717) is 32.3 Å². The van der Waals surface area contributed by atoms with Gasteiger partial charge in [0.15, 0.2) is 5.96 Å². The van der Waals surface area contributed by atoms with Gasteiger partial charge in [0.1, 0.15) is 0 Å². The molecule has 0 aliphatic rings. The van der Waals surface area contributed by atoms with Gasteiger partial charge in [0, 0.05) is 32.8 Å². The molecule has 0 heterocycles. The molecule has 0 aliphatic carbocycles. The van der Waals surface area contributed by atoms with Gasteiger partial charge in [-0.1, -0.05) is 0 Å². The van der Waals surface area contributed by atoms with E-state index in [9.17, 15) is 13.2 Å². The van der Waals surface area contributed by atoms with Crippen LogP contribution in [0.5, 0.6) is 0 Å². The van der Waals surface area contributed by atoms with Crippen LogP contribution in [0.2, 0.25) is 0 Å². The Morgan fingerprint density at radius 1 is 1.16 bits per heavy atom. The maximum absolute atomic E-state index is 12.0. The van der Waals surface area contributed by atoms with Gasteiger partial charge in [-0.2, -0.15) is 13.2 Å². The van der Waals surface area contributed by atoms with Crippen LogP contribution in [0.1, 0.15) is 33.1 Å². The van der Waals surface area contributed by atoms with Crippen molar-refractivity contribution in [2.75, 3.05) is 32.8 Å². The molecule has 0 atom stereocenters. The van der Waals surface area contributed by atoms with Crippen molar-refractivity contribution in [3.05, 3.63) is 0 Å². The number of nitrogens with zero attached hydrogens (tertiary/aromatic N) is 1. The number of aliphatic imine (C=N–C) groups is 1. The zero-order chi connectivity index (χ0) is 14.6. The van der Waals surface area contributed by atoms with Crippen LogP contribution in [-0.2, 0) is 4.74 Å². The highest BCUT2D eigenvalue weighted by Gasteiger charge is 2.26. The Bertz CT molecular complexity index is 245. The van der Waals surface area contributed by atoms with Crippen LogP contribution >= 0.6 is 0 Å². The standard InChI is InChI=1S/C12H24F3N3O/c1-3-16-11(18-9-7-12(13,14)15)17-8-5-6-10-19-4-2/h3-10H2,1-2H3,(H2,16,17,18). The quantitative estimate of drug-likeness (QED) is 0.388. The topological polar surface area (TPSA) is 45.7 Å². The van der Waals surface area contributed by atoms with E-state index in [0.717, 1.165) is 12.8 Å². The molecule has 0 aromatic carbocycles. The second kappa shape index (κ2) is 10.9. The summed E-state index contributed by atoms with van der Waals surface area (Å²) in [6, 6.07) is 0. The lowest BCUT2D eigenvalue weighted by Gasteiger charge is -2.12. The minimum Gasteiger partial charge on any atom is -0.382 e. The van der Waals surface area contributed by atoms with Gasteiger partial charge in [0.2, 0.25) is 0 Å². The van der Waals surface area contributed by atoms with Gasteiger partial charge in [0.05, 0.1) is 6.42 Å². The first-order chi connectivity index (χ1) is 8.99. The van der Waals surface area contributed by atoms with Crippen LogP contribution in [-0.4, -0.2) is 45.0 Å². The van der Waals surface area contributed by atoms with Crippen molar-refractivity contribution in [3.8, 4) is 0 Å². The molecule has 4 nitrogen and oxygen atoms in total. The monoisotopic (exact) mass is 283 g/mol. The molecule has 0 unspecified atom stereocenters. The second-order valence-corrected chi connectivity index (χ2v) is 3.96. The first-order valence-corrected chi connectivity index (χ1v) is 6.66. The summed E-state index contributed by atoms with van der Waals surface area (Å²) in [5, 5.41) is 5.58. The lowest BCUT2D eigenvalue weighted by Crippen LogP contribution is -2.39. The molecular formula is C12H24F3N3O. The molecule has 0 rings (SSSR count). The predicted molar refractivity (Wildman–Crippen MR) is 70.4 cm³/mol. The molecule has 0 amide bonds. The molecule has 0 radical (unpaired) electrons. The molecule has 0 saturated heterocycles. The largest absolute Gasteiger partial charge is 0.390 e. The van der Waals surface area contributed by atoms with Crippen LogP contribution in [0.25, 0.3) is 0 Å². The summed E-state index contributed by atoms with van der Waals surface area (Å²) in [5.41, 5.74) is 0. The van der Waals surface area contributed by atoms with Crippen LogP contribution in [0, 0.1) is 0 Å². The molecule has 114 valence electrons. The number of hydrogen-bond acceptors (Lipinski definition) is 2. The van der Waals surface area contributed by atoms with E-state index in [1.165, 1.54) is 0 Å². The zero-order valence-corrected chi connectivity index (χ0v) is 11.6. The van der Waals surface area contributed by atoms with Crippen molar-refractivity contribution < 1.29 is 17.9 Å². The van der Waals surface area contributed by atoms with Crippen LogP contribution < -0.4 is 10.6 Å².